The number of rotatable bonds is 10. The maximum Gasteiger partial charge on any atom is 0.264 e. The van der Waals surface area contributed by atoms with E-state index in [4.69, 9.17) is 8.60 Å². The van der Waals surface area contributed by atoms with Gasteiger partial charge in [-0.3, -0.25) is 4.18 Å². The fourth-order valence-electron chi connectivity index (χ4n) is 2.59. The molecule has 0 radical (unpaired) electrons. The lowest BCUT2D eigenvalue weighted by atomic mass is 10.1. The largest absolute Gasteiger partial charge is 0.445 e. The van der Waals surface area contributed by atoms with Crippen molar-refractivity contribution in [3.8, 4) is 0 Å². The van der Waals surface area contributed by atoms with Crippen LogP contribution in [0.4, 0.5) is 0 Å². The van der Waals surface area contributed by atoms with Crippen LogP contribution in [0.5, 0.6) is 0 Å². The second-order valence-corrected chi connectivity index (χ2v) is 9.18. The fraction of sp³-hybridized carbons (Fsp3) is 0.227. The highest BCUT2D eigenvalue weighted by molar-refractivity contribution is 7.98. The number of benzene rings is 2. The summed E-state index contributed by atoms with van der Waals surface area (Å²) in [5.74, 6) is 1.32. The Morgan fingerprint density at radius 3 is 2.55 bits per heavy atom. The molecule has 0 N–H and O–H groups in total. The molecular formula is C22H23NO4S2. The lowest BCUT2D eigenvalue weighted by Gasteiger charge is -2.04. The van der Waals surface area contributed by atoms with Gasteiger partial charge < -0.3 is 4.42 Å². The summed E-state index contributed by atoms with van der Waals surface area (Å²) in [4.78, 5) is 5.63. The van der Waals surface area contributed by atoms with Gasteiger partial charge in [0.15, 0.2) is 0 Å². The maximum absolute atomic E-state index is 10.9. The molecule has 0 saturated carbocycles. The maximum atomic E-state index is 10.9. The van der Waals surface area contributed by atoms with Gasteiger partial charge in [0.25, 0.3) is 10.1 Å². The molecule has 3 rings (SSSR count). The van der Waals surface area contributed by atoms with Crippen LogP contribution in [0.25, 0.3) is 12.2 Å². The van der Waals surface area contributed by atoms with Crippen molar-refractivity contribution in [3.05, 3.63) is 83.6 Å². The van der Waals surface area contributed by atoms with E-state index in [0.717, 1.165) is 40.1 Å². The average molecular weight is 430 g/mol. The first kappa shape index (κ1) is 21.4. The van der Waals surface area contributed by atoms with Crippen LogP contribution in [0.2, 0.25) is 0 Å². The van der Waals surface area contributed by atoms with Crippen LogP contribution < -0.4 is 0 Å². The molecule has 1 aromatic heterocycles. The first-order valence-electron chi connectivity index (χ1n) is 9.22. The first-order chi connectivity index (χ1) is 14.0. The van der Waals surface area contributed by atoms with Crippen molar-refractivity contribution in [2.75, 3.05) is 12.9 Å². The number of thioether (sulfide) groups is 1. The van der Waals surface area contributed by atoms with E-state index in [1.165, 1.54) is 0 Å². The standard InChI is InChI=1S/C22H23NO4S2/c1-29(24,25)27-15-5-8-19-9-12-21(13-10-19)28-17-20-16-26-22(23-20)14-11-18-6-3-2-4-7-18/h2-4,6-7,9-14,16H,5,8,15,17H2,1H3/b14-11+. The quantitative estimate of drug-likeness (QED) is 0.255. The molecule has 0 unspecified atom stereocenters. The minimum absolute atomic E-state index is 0.211. The zero-order valence-electron chi connectivity index (χ0n) is 16.2. The van der Waals surface area contributed by atoms with E-state index in [0.29, 0.717) is 12.3 Å². The molecule has 0 aliphatic heterocycles. The van der Waals surface area contributed by atoms with Crippen LogP contribution in [-0.4, -0.2) is 26.3 Å². The molecule has 0 aliphatic rings. The van der Waals surface area contributed by atoms with Gasteiger partial charge in [-0.05, 0) is 42.2 Å². The Labute approximate surface area is 175 Å². The summed E-state index contributed by atoms with van der Waals surface area (Å²) >= 11 is 1.69. The predicted octanol–water partition coefficient (Wildman–Crippen LogP) is 5.05. The Hall–Kier alpha value is -2.35. The van der Waals surface area contributed by atoms with E-state index in [1.54, 1.807) is 18.0 Å². The Morgan fingerprint density at radius 2 is 1.83 bits per heavy atom. The van der Waals surface area contributed by atoms with E-state index in [2.05, 4.69) is 29.2 Å². The van der Waals surface area contributed by atoms with Crippen molar-refractivity contribution in [1.29, 1.82) is 0 Å². The molecule has 2 aromatic carbocycles. The molecule has 0 aliphatic carbocycles. The van der Waals surface area contributed by atoms with E-state index in [1.807, 2.05) is 42.5 Å². The molecule has 7 heteroatoms. The summed E-state index contributed by atoms with van der Waals surface area (Å²) < 4.78 is 32.1. The Balaban J connectivity index is 1.44. The van der Waals surface area contributed by atoms with E-state index in [-0.39, 0.29) is 6.61 Å². The third kappa shape index (κ3) is 7.89. The van der Waals surface area contributed by atoms with Gasteiger partial charge in [-0.15, -0.1) is 11.8 Å². The van der Waals surface area contributed by atoms with Gasteiger partial charge in [-0.1, -0.05) is 42.5 Å². The van der Waals surface area contributed by atoms with Gasteiger partial charge in [-0.2, -0.15) is 8.42 Å². The summed E-state index contributed by atoms with van der Waals surface area (Å²) in [6.45, 7) is 0.211. The topological polar surface area (TPSA) is 69.4 Å². The smallest absolute Gasteiger partial charge is 0.264 e. The molecular weight excluding hydrogens is 406 g/mol. The van der Waals surface area contributed by atoms with Gasteiger partial charge in [-0.25, -0.2) is 4.98 Å². The van der Waals surface area contributed by atoms with Crippen LogP contribution in [0.1, 0.15) is 29.1 Å². The number of oxazole rings is 1. The van der Waals surface area contributed by atoms with Crippen LogP contribution in [0.15, 0.2) is 70.2 Å². The summed E-state index contributed by atoms with van der Waals surface area (Å²) in [7, 11) is -3.36. The fourth-order valence-corrected chi connectivity index (χ4v) is 3.79. The highest BCUT2D eigenvalue weighted by Crippen LogP contribution is 2.23. The molecule has 1 heterocycles. The molecule has 0 spiro atoms. The van der Waals surface area contributed by atoms with Crippen LogP contribution in [0, 0.1) is 0 Å². The molecule has 0 bridgehead atoms. The second-order valence-electron chi connectivity index (χ2n) is 6.48. The average Bonchev–Trinajstić information content (AvgIpc) is 3.17. The number of hydrogen-bond acceptors (Lipinski definition) is 6. The minimum Gasteiger partial charge on any atom is -0.445 e. The van der Waals surface area contributed by atoms with Crippen molar-refractivity contribution in [1.82, 2.24) is 4.98 Å². The SMILES string of the molecule is CS(=O)(=O)OCCCc1ccc(SCc2coc(/C=C/c3ccccc3)n2)cc1. The van der Waals surface area contributed by atoms with Gasteiger partial charge >= 0.3 is 0 Å². The van der Waals surface area contributed by atoms with Gasteiger partial charge in [0.2, 0.25) is 5.89 Å². The highest BCUT2D eigenvalue weighted by atomic mass is 32.2. The zero-order chi connectivity index (χ0) is 20.5. The molecule has 29 heavy (non-hydrogen) atoms. The van der Waals surface area contributed by atoms with Crippen molar-refractivity contribution >= 4 is 34.0 Å². The Kier molecular flexibility index (Phi) is 7.69. The summed E-state index contributed by atoms with van der Waals surface area (Å²) in [6.07, 6.45) is 8.04. The van der Waals surface area contributed by atoms with Crippen molar-refractivity contribution in [2.24, 2.45) is 0 Å². The van der Waals surface area contributed by atoms with Crippen molar-refractivity contribution in [3.63, 3.8) is 0 Å². The molecule has 152 valence electrons. The third-order valence-electron chi connectivity index (χ3n) is 4.00. The van der Waals surface area contributed by atoms with Gasteiger partial charge in [0, 0.05) is 16.7 Å². The van der Waals surface area contributed by atoms with E-state index >= 15 is 0 Å². The van der Waals surface area contributed by atoms with E-state index in [9.17, 15) is 8.42 Å². The molecule has 0 fully saturated rings. The lowest BCUT2D eigenvalue weighted by molar-refractivity contribution is 0.316. The molecule has 0 saturated heterocycles. The normalized spacial score (nSPS) is 11.9. The van der Waals surface area contributed by atoms with Crippen molar-refractivity contribution < 1.29 is 17.0 Å². The predicted molar refractivity (Wildman–Crippen MR) is 117 cm³/mol. The monoisotopic (exact) mass is 429 g/mol. The number of hydrogen-bond donors (Lipinski definition) is 0. The van der Waals surface area contributed by atoms with Crippen molar-refractivity contribution in [2.45, 2.75) is 23.5 Å². The minimum atomic E-state index is -3.36. The number of aromatic nitrogens is 1. The van der Waals surface area contributed by atoms with Crippen LogP contribution in [0.3, 0.4) is 0 Å². The summed E-state index contributed by atoms with van der Waals surface area (Å²) in [5.41, 5.74) is 3.15. The molecule has 5 nitrogen and oxygen atoms in total. The number of nitrogens with zero attached hydrogens (tertiary/aromatic N) is 1. The summed E-state index contributed by atoms with van der Waals surface area (Å²) in [5, 5.41) is 0. The highest BCUT2D eigenvalue weighted by Gasteiger charge is 2.04. The van der Waals surface area contributed by atoms with Crippen LogP contribution >= 0.6 is 11.8 Å². The van der Waals surface area contributed by atoms with E-state index < -0.39 is 10.1 Å². The molecule has 0 amide bonds. The number of aryl methyl sites for hydroxylation is 1. The van der Waals surface area contributed by atoms with Crippen LogP contribution in [-0.2, 0) is 26.5 Å². The first-order valence-corrected chi connectivity index (χ1v) is 12.0. The zero-order valence-corrected chi connectivity index (χ0v) is 17.8. The lowest BCUT2D eigenvalue weighted by Crippen LogP contribution is -2.04. The summed E-state index contributed by atoms with van der Waals surface area (Å²) in [6, 6.07) is 18.3. The van der Waals surface area contributed by atoms with Gasteiger partial charge in [0.05, 0.1) is 18.6 Å². The molecule has 0 atom stereocenters. The van der Waals surface area contributed by atoms with Gasteiger partial charge in [0.1, 0.15) is 6.26 Å². The Bertz CT molecular complexity index is 1030. The second kappa shape index (κ2) is 10.4. The molecule has 3 aromatic rings. The third-order valence-corrected chi connectivity index (χ3v) is 5.65. The Morgan fingerprint density at radius 1 is 1.07 bits per heavy atom.